The maximum Gasteiger partial charge on any atom is 0.256 e. The van der Waals surface area contributed by atoms with Crippen molar-refractivity contribution in [3.8, 4) is 0 Å². The van der Waals surface area contributed by atoms with Crippen molar-refractivity contribution in [2.24, 2.45) is 0 Å². The third-order valence-electron chi connectivity index (χ3n) is 4.78. The lowest BCUT2D eigenvalue weighted by Gasteiger charge is -2.42. The first-order chi connectivity index (χ1) is 10.7. The molecule has 1 fully saturated rings. The quantitative estimate of drug-likeness (QED) is 0.920. The Bertz CT molecular complexity index is 657. The molecule has 1 aromatic heterocycles. The first-order valence-corrected chi connectivity index (χ1v) is 7.95. The Labute approximate surface area is 130 Å². The number of nitrogens with one attached hydrogen (secondary N) is 1. The molecule has 0 bridgehead atoms. The molecule has 4 heteroatoms. The largest absolute Gasteiger partial charge is 0.361 e. The molecule has 1 aliphatic rings. The van der Waals surface area contributed by atoms with Crippen molar-refractivity contribution >= 4 is 5.91 Å². The molecular weight excluding hydrogens is 276 g/mol. The molecule has 1 aliphatic carbocycles. The third kappa shape index (κ3) is 2.54. The molecule has 1 aromatic carbocycles. The van der Waals surface area contributed by atoms with Crippen molar-refractivity contribution in [2.45, 2.75) is 44.9 Å². The lowest BCUT2D eigenvalue weighted by atomic mass is 9.64. The van der Waals surface area contributed by atoms with Crippen LogP contribution in [0.1, 0.15) is 53.6 Å². The molecule has 0 unspecified atom stereocenters. The molecule has 116 valence electrons. The van der Waals surface area contributed by atoms with Gasteiger partial charge in [0.1, 0.15) is 11.3 Å². The molecule has 0 radical (unpaired) electrons. The van der Waals surface area contributed by atoms with Crippen LogP contribution in [0.25, 0.3) is 0 Å². The third-order valence-corrected chi connectivity index (χ3v) is 4.78. The van der Waals surface area contributed by atoms with Gasteiger partial charge >= 0.3 is 0 Å². The van der Waals surface area contributed by atoms with Gasteiger partial charge in [0.25, 0.3) is 5.91 Å². The topological polar surface area (TPSA) is 55.1 Å². The minimum Gasteiger partial charge on any atom is -0.361 e. The number of aryl methyl sites for hydroxylation is 2. The average molecular weight is 298 g/mol. The van der Waals surface area contributed by atoms with Gasteiger partial charge in [-0.25, -0.2) is 0 Å². The average Bonchev–Trinajstić information content (AvgIpc) is 2.88. The van der Waals surface area contributed by atoms with E-state index in [4.69, 9.17) is 4.52 Å². The van der Waals surface area contributed by atoms with Crippen LogP contribution in [0.4, 0.5) is 0 Å². The Morgan fingerprint density at radius 1 is 1.32 bits per heavy atom. The van der Waals surface area contributed by atoms with Gasteiger partial charge in [0.2, 0.25) is 0 Å². The molecule has 1 amide bonds. The Morgan fingerprint density at radius 2 is 2.05 bits per heavy atom. The maximum atomic E-state index is 12.5. The second-order valence-corrected chi connectivity index (χ2v) is 6.10. The van der Waals surface area contributed by atoms with Gasteiger partial charge in [-0.3, -0.25) is 4.79 Å². The Morgan fingerprint density at radius 3 is 2.64 bits per heavy atom. The number of carbonyl (C=O) groups excluding carboxylic acids is 1. The molecule has 1 heterocycles. The minimum absolute atomic E-state index is 0.0715. The van der Waals surface area contributed by atoms with E-state index >= 15 is 0 Å². The van der Waals surface area contributed by atoms with E-state index in [1.165, 1.54) is 12.0 Å². The highest BCUT2D eigenvalue weighted by Crippen LogP contribution is 2.43. The smallest absolute Gasteiger partial charge is 0.256 e. The summed E-state index contributed by atoms with van der Waals surface area (Å²) in [5, 5.41) is 7.06. The SMILES string of the molecule is CCc1noc(C)c1C(=O)NCC1(c2ccccc2)CCC1. The summed E-state index contributed by atoms with van der Waals surface area (Å²) in [6, 6.07) is 10.5. The van der Waals surface area contributed by atoms with E-state index in [-0.39, 0.29) is 11.3 Å². The zero-order chi connectivity index (χ0) is 15.6. The molecule has 4 nitrogen and oxygen atoms in total. The lowest BCUT2D eigenvalue weighted by Crippen LogP contribution is -2.45. The van der Waals surface area contributed by atoms with E-state index in [9.17, 15) is 4.79 Å². The predicted octanol–water partition coefficient (Wildman–Crippen LogP) is 3.40. The van der Waals surface area contributed by atoms with Gasteiger partial charge in [0.05, 0.1) is 5.69 Å². The zero-order valence-electron chi connectivity index (χ0n) is 13.2. The molecule has 22 heavy (non-hydrogen) atoms. The van der Waals surface area contributed by atoms with Crippen LogP contribution < -0.4 is 5.32 Å². The van der Waals surface area contributed by atoms with Crippen LogP contribution in [0.5, 0.6) is 0 Å². The molecule has 0 aliphatic heterocycles. The van der Waals surface area contributed by atoms with Crippen LogP contribution in [0.3, 0.4) is 0 Å². The summed E-state index contributed by atoms with van der Waals surface area (Å²) >= 11 is 0. The van der Waals surface area contributed by atoms with E-state index in [1.807, 2.05) is 13.0 Å². The van der Waals surface area contributed by atoms with Crippen molar-refractivity contribution in [2.75, 3.05) is 6.54 Å². The Hall–Kier alpha value is -2.10. The molecule has 0 atom stereocenters. The second kappa shape index (κ2) is 5.95. The predicted molar refractivity (Wildman–Crippen MR) is 84.9 cm³/mol. The number of benzene rings is 1. The van der Waals surface area contributed by atoms with Gasteiger partial charge in [-0.2, -0.15) is 0 Å². The van der Waals surface area contributed by atoms with Gasteiger partial charge in [-0.05, 0) is 31.7 Å². The first kappa shape index (κ1) is 14.8. The highest BCUT2D eigenvalue weighted by molar-refractivity contribution is 5.96. The number of rotatable bonds is 5. The summed E-state index contributed by atoms with van der Waals surface area (Å²) in [6.45, 7) is 4.44. The normalized spacial score (nSPS) is 16.1. The summed E-state index contributed by atoms with van der Waals surface area (Å²) in [7, 11) is 0. The fourth-order valence-electron chi connectivity index (χ4n) is 3.25. The van der Waals surface area contributed by atoms with Crippen LogP contribution in [0.15, 0.2) is 34.9 Å². The van der Waals surface area contributed by atoms with E-state index in [0.717, 1.165) is 18.5 Å². The van der Waals surface area contributed by atoms with Gasteiger partial charge in [-0.1, -0.05) is 48.8 Å². The molecule has 1 N–H and O–H groups in total. The second-order valence-electron chi connectivity index (χ2n) is 6.10. The van der Waals surface area contributed by atoms with Crippen molar-refractivity contribution < 1.29 is 9.32 Å². The molecule has 2 aromatic rings. The number of amides is 1. The highest BCUT2D eigenvalue weighted by Gasteiger charge is 2.39. The van der Waals surface area contributed by atoms with Crippen molar-refractivity contribution in [3.63, 3.8) is 0 Å². The summed E-state index contributed by atoms with van der Waals surface area (Å²) in [6.07, 6.45) is 4.17. The van der Waals surface area contributed by atoms with E-state index in [1.54, 1.807) is 6.92 Å². The number of hydrogen-bond donors (Lipinski definition) is 1. The Kier molecular flexibility index (Phi) is 4.01. The van der Waals surface area contributed by atoms with Crippen LogP contribution in [0, 0.1) is 6.92 Å². The van der Waals surface area contributed by atoms with Gasteiger partial charge < -0.3 is 9.84 Å². The van der Waals surface area contributed by atoms with Crippen LogP contribution in [0.2, 0.25) is 0 Å². The molecule has 0 saturated heterocycles. The molecule has 3 rings (SSSR count). The summed E-state index contributed by atoms with van der Waals surface area (Å²) in [4.78, 5) is 12.5. The van der Waals surface area contributed by atoms with Crippen molar-refractivity contribution in [1.29, 1.82) is 0 Å². The number of nitrogens with zero attached hydrogens (tertiary/aromatic N) is 1. The fourth-order valence-corrected chi connectivity index (χ4v) is 3.25. The van der Waals surface area contributed by atoms with Crippen molar-refractivity contribution in [1.82, 2.24) is 10.5 Å². The molecule has 0 spiro atoms. The van der Waals surface area contributed by atoms with Crippen LogP contribution in [-0.4, -0.2) is 17.6 Å². The summed E-state index contributed by atoms with van der Waals surface area (Å²) < 4.78 is 5.15. The highest BCUT2D eigenvalue weighted by atomic mass is 16.5. The van der Waals surface area contributed by atoms with E-state index in [0.29, 0.717) is 24.3 Å². The zero-order valence-corrected chi connectivity index (χ0v) is 13.2. The first-order valence-electron chi connectivity index (χ1n) is 7.95. The number of aromatic nitrogens is 1. The van der Waals surface area contributed by atoms with Gasteiger partial charge in [0.15, 0.2) is 0 Å². The van der Waals surface area contributed by atoms with Crippen LogP contribution in [-0.2, 0) is 11.8 Å². The van der Waals surface area contributed by atoms with Crippen LogP contribution >= 0.6 is 0 Å². The van der Waals surface area contributed by atoms with Gasteiger partial charge in [0, 0.05) is 12.0 Å². The standard InChI is InChI=1S/C18H22N2O2/c1-3-15-16(13(2)22-20-15)17(21)19-12-18(10-7-11-18)14-8-5-4-6-9-14/h4-6,8-9H,3,7,10-12H2,1-2H3,(H,19,21). The monoisotopic (exact) mass is 298 g/mol. The minimum atomic E-state index is -0.0715. The summed E-state index contributed by atoms with van der Waals surface area (Å²) in [5.41, 5.74) is 2.75. The lowest BCUT2D eigenvalue weighted by molar-refractivity contribution is 0.0925. The van der Waals surface area contributed by atoms with E-state index in [2.05, 4.69) is 34.7 Å². The molecular formula is C18H22N2O2. The molecule has 1 saturated carbocycles. The number of carbonyl (C=O) groups is 1. The van der Waals surface area contributed by atoms with Gasteiger partial charge in [-0.15, -0.1) is 0 Å². The summed E-state index contributed by atoms with van der Waals surface area (Å²) in [5.74, 6) is 0.523. The Balaban J connectivity index is 1.74. The fraction of sp³-hybridized carbons (Fsp3) is 0.444. The van der Waals surface area contributed by atoms with Crippen molar-refractivity contribution in [3.05, 3.63) is 52.9 Å². The van der Waals surface area contributed by atoms with E-state index < -0.39 is 0 Å². The maximum absolute atomic E-state index is 12.5. The number of hydrogen-bond acceptors (Lipinski definition) is 3.